The van der Waals surface area contributed by atoms with Crippen LogP contribution in [0.2, 0.25) is 0 Å². The van der Waals surface area contributed by atoms with E-state index in [2.05, 4.69) is 5.32 Å². The largest absolute Gasteiger partial charge is 0.493 e. The van der Waals surface area contributed by atoms with Crippen molar-refractivity contribution in [1.29, 1.82) is 0 Å². The lowest BCUT2D eigenvalue weighted by Gasteiger charge is -2.25. The molecular formula is C15H23NO5. The molecule has 118 valence electrons. The van der Waals surface area contributed by atoms with Crippen molar-refractivity contribution in [2.24, 2.45) is 0 Å². The van der Waals surface area contributed by atoms with E-state index in [0.29, 0.717) is 23.5 Å². The molecule has 0 aliphatic heterocycles. The second kappa shape index (κ2) is 8.49. The van der Waals surface area contributed by atoms with E-state index in [4.69, 9.17) is 18.9 Å². The summed E-state index contributed by atoms with van der Waals surface area (Å²) in [6.45, 7) is 1.94. The predicted molar refractivity (Wildman–Crippen MR) is 78.9 cm³/mol. The SMILES string of the molecule is CC[C@H](NC(=O)c1cccc(OC)c1OC)C(OC)OC. The van der Waals surface area contributed by atoms with Crippen LogP contribution in [0.4, 0.5) is 0 Å². The number of carbonyl (C=O) groups excluding carboxylic acids is 1. The Hall–Kier alpha value is -1.79. The molecule has 1 aromatic rings. The summed E-state index contributed by atoms with van der Waals surface area (Å²) in [5.74, 6) is 0.642. The van der Waals surface area contributed by atoms with Gasteiger partial charge in [0.05, 0.1) is 25.8 Å². The van der Waals surface area contributed by atoms with Crippen LogP contribution in [0.25, 0.3) is 0 Å². The van der Waals surface area contributed by atoms with Crippen molar-refractivity contribution in [3.8, 4) is 11.5 Å². The first-order valence-corrected chi connectivity index (χ1v) is 6.70. The molecule has 0 aliphatic carbocycles. The Morgan fingerprint density at radius 3 is 2.29 bits per heavy atom. The van der Waals surface area contributed by atoms with Gasteiger partial charge in [0.2, 0.25) is 0 Å². The summed E-state index contributed by atoms with van der Waals surface area (Å²) in [5, 5.41) is 2.89. The van der Waals surface area contributed by atoms with Crippen LogP contribution in [0.5, 0.6) is 11.5 Å². The molecule has 0 aliphatic rings. The maximum atomic E-state index is 12.4. The highest BCUT2D eigenvalue weighted by Gasteiger charge is 2.24. The van der Waals surface area contributed by atoms with Crippen LogP contribution in [-0.2, 0) is 9.47 Å². The Bertz CT molecular complexity index is 459. The summed E-state index contributed by atoms with van der Waals surface area (Å²) in [6.07, 6.45) is 0.167. The van der Waals surface area contributed by atoms with Crippen LogP contribution in [0.1, 0.15) is 23.7 Å². The summed E-state index contributed by atoms with van der Waals surface area (Å²) < 4.78 is 20.9. The molecule has 0 radical (unpaired) electrons. The molecular weight excluding hydrogens is 274 g/mol. The fourth-order valence-corrected chi connectivity index (χ4v) is 2.10. The average molecular weight is 297 g/mol. The molecule has 0 unspecified atom stereocenters. The first kappa shape index (κ1) is 17.3. The van der Waals surface area contributed by atoms with Crippen molar-refractivity contribution < 1.29 is 23.7 Å². The van der Waals surface area contributed by atoms with Gasteiger partial charge in [0.15, 0.2) is 17.8 Å². The van der Waals surface area contributed by atoms with Crippen LogP contribution < -0.4 is 14.8 Å². The molecule has 0 heterocycles. The number of carbonyl (C=O) groups is 1. The normalized spacial score (nSPS) is 12.1. The van der Waals surface area contributed by atoms with E-state index in [9.17, 15) is 4.79 Å². The Morgan fingerprint density at radius 1 is 1.14 bits per heavy atom. The molecule has 0 fully saturated rings. The first-order valence-electron chi connectivity index (χ1n) is 6.70. The van der Waals surface area contributed by atoms with Gasteiger partial charge in [-0.1, -0.05) is 13.0 Å². The van der Waals surface area contributed by atoms with Crippen molar-refractivity contribution in [1.82, 2.24) is 5.32 Å². The van der Waals surface area contributed by atoms with E-state index in [-0.39, 0.29) is 11.9 Å². The van der Waals surface area contributed by atoms with Gasteiger partial charge in [-0.15, -0.1) is 0 Å². The first-order chi connectivity index (χ1) is 10.1. The molecule has 1 atom stereocenters. The number of rotatable bonds is 8. The Balaban J connectivity index is 2.98. The number of nitrogens with one attached hydrogen (secondary N) is 1. The number of para-hydroxylation sites is 1. The highest BCUT2D eigenvalue weighted by molar-refractivity contribution is 5.98. The molecule has 0 saturated heterocycles. The molecule has 0 aromatic heterocycles. The summed E-state index contributed by atoms with van der Waals surface area (Å²) in [5.41, 5.74) is 0.404. The number of hydrogen-bond donors (Lipinski definition) is 1. The minimum absolute atomic E-state index is 0.261. The Labute approximate surface area is 125 Å². The van der Waals surface area contributed by atoms with Crippen LogP contribution in [0.15, 0.2) is 18.2 Å². The quantitative estimate of drug-likeness (QED) is 0.742. The van der Waals surface area contributed by atoms with E-state index < -0.39 is 6.29 Å². The van der Waals surface area contributed by atoms with Gasteiger partial charge in [-0.25, -0.2) is 0 Å². The van der Waals surface area contributed by atoms with Crippen LogP contribution >= 0.6 is 0 Å². The van der Waals surface area contributed by atoms with Crippen molar-refractivity contribution in [3.05, 3.63) is 23.8 Å². The zero-order valence-electron chi connectivity index (χ0n) is 13.1. The van der Waals surface area contributed by atoms with Gasteiger partial charge in [0, 0.05) is 14.2 Å². The Morgan fingerprint density at radius 2 is 1.81 bits per heavy atom. The van der Waals surface area contributed by atoms with Crippen LogP contribution in [0, 0.1) is 0 Å². The standard InChI is InChI=1S/C15H23NO5/c1-6-11(15(20-4)21-5)16-14(17)10-8-7-9-12(18-2)13(10)19-3/h7-9,11,15H,6H2,1-5H3,(H,16,17)/t11-/m0/s1. The predicted octanol–water partition coefficient (Wildman–Crippen LogP) is 1.83. The van der Waals surface area contributed by atoms with Crippen molar-refractivity contribution in [2.45, 2.75) is 25.7 Å². The molecule has 0 saturated carbocycles. The second-order valence-electron chi connectivity index (χ2n) is 4.37. The number of amides is 1. The maximum absolute atomic E-state index is 12.4. The molecule has 1 aromatic carbocycles. The van der Waals surface area contributed by atoms with Crippen molar-refractivity contribution in [3.63, 3.8) is 0 Å². The number of ether oxygens (including phenoxy) is 4. The summed E-state index contributed by atoms with van der Waals surface area (Å²) in [6, 6.07) is 4.89. The molecule has 0 spiro atoms. The molecule has 1 rings (SSSR count). The van der Waals surface area contributed by atoms with Gasteiger partial charge in [-0.3, -0.25) is 4.79 Å². The third-order valence-electron chi connectivity index (χ3n) is 3.20. The highest BCUT2D eigenvalue weighted by atomic mass is 16.7. The topological polar surface area (TPSA) is 66.0 Å². The van der Waals surface area contributed by atoms with Crippen molar-refractivity contribution >= 4 is 5.91 Å². The van der Waals surface area contributed by atoms with E-state index >= 15 is 0 Å². The second-order valence-corrected chi connectivity index (χ2v) is 4.37. The lowest BCUT2D eigenvalue weighted by molar-refractivity contribution is -0.121. The fourth-order valence-electron chi connectivity index (χ4n) is 2.10. The molecule has 6 heteroatoms. The number of methoxy groups -OCH3 is 4. The average Bonchev–Trinajstić information content (AvgIpc) is 2.53. The minimum atomic E-state index is -0.504. The summed E-state index contributed by atoms with van der Waals surface area (Å²) in [7, 11) is 6.10. The van der Waals surface area contributed by atoms with Gasteiger partial charge in [-0.2, -0.15) is 0 Å². The van der Waals surface area contributed by atoms with Crippen LogP contribution in [-0.4, -0.2) is 46.7 Å². The lowest BCUT2D eigenvalue weighted by atomic mass is 10.1. The fraction of sp³-hybridized carbons (Fsp3) is 0.533. The van der Waals surface area contributed by atoms with Gasteiger partial charge >= 0.3 is 0 Å². The number of benzene rings is 1. The summed E-state index contributed by atoms with van der Waals surface area (Å²) >= 11 is 0. The van der Waals surface area contributed by atoms with Crippen molar-refractivity contribution in [2.75, 3.05) is 28.4 Å². The van der Waals surface area contributed by atoms with Gasteiger partial charge in [0.1, 0.15) is 0 Å². The molecule has 6 nitrogen and oxygen atoms in total. The molecule has 1 amide bonds. The lowest BCUT2D eigenvalue weighted by Crippen LogP contribution is -2.44. The van der Waals surface area contributed by atoms with Gasteiger partial charge < -0.3 is 24.3 Å². The smallest absolute Gasteiger partial charge is 0.255 e. The number of hydrogen-bond acceptors (Lipinski definition) is 5. The zero-order chi connectivity index (χ0) is 15.8. The van der Waals surface area contributed by atoms with E-state index in [1.54, 1.807) is 18.2 Å². The maximum Gasteiger partial charge on any atom is 0.255 e. The van der Waals surface area contributed by atoms with Gasteiger partial charge in [0.25, 0.3) is 5.91 Å². The van der Waals surface area contributed by atoms with E-state index in [0.717, 1.165) is 0 Å². The molecule has 0 bridgehead atoms. The van der Waals surface area contributed by atoms with Crippen LogP contribution in [0.3, 0.4) is 0 Å². The minimum Gasteiger partial charge on any atom is -0.493 e. The molecule has 21 heavy (non-hydrogen) atoms. The monoisotopic (exact) mass is 297 g/mol. The third kappa shape index (κ3) is 4.09. The zero-order valence-corrected chi connectivity index (χ0v) is 13.1. The van der Waals surface area contributed by atoms with E-state index in [1.165, 1.54) is 28.4 Å². The highest BCUT2D eigenvalue weighted by Crippen LogP contribution is 2.30. The van der Waals surface area contributed by atoms with Gasteiger partial charge in [-0.05, 0) is 18.6 Å². The summed E-state index contributed by atoms with van der Waals surface area (Å²) in [4.78, 5) is 12.4. The third-order valence-corrected chi connectivity index (χ3v) is 3.20. The Kier molecular flexibility index (Phi) is 6.98. The molecule has 1 N–H and O–H groups in total. The van der Waals surface area contributed by atoms with E-state index in [1.807, 2.05) is 6.92 Å².